The van der Waals surface area contributed by atoms with E-state index in [4.69, 9.17) is 11.6 Å². The van der Waals surface area contributed by atoms with Gasteiger partial charge in [0.1, 0.15) is 16.5 Å². The number of aromatic nitrogens is 4. The fourth-order valence-corrected chi connectivity index (χ4v) is 3.35. The van der Waals surface area contributed by atoms with Gasteiger partial charge in [-0.15, -0.1) is 0 Å². The number of halogens is 1. The Kier molecular flexibility index (Phi) is 3.37. The molecule has 2 aliphatic heterocycles. The minimum Gasteiger partial charge on any atom is -0.292 e. The Morgan fingerprint density at radius 3 is 2.64 bits per heavy atom. The van der Waals surface area contributed by atoms with E-state index in [9.17, 15) is 4.79 Å². The smallest absolute Gasteiger partial charge is 0.267 e. The Morgan fingerprint density at radius 2 is 1.96 bits per heavy atom. The lowest BCUT2D eigenvalue weighted by molar-refractivity contribution is 0.0865. The van der Waals surface area contributed by atoms with Gasteiger partial charge < -0.3 is 0 Å². The van der Waals surface area contributed by atoms with Crippen LogP contribution in [0, 0.1) is 6.92 Å². The number of aliphatic imine (C=N–C) groups is 1. The summed E-state index contributed by atoms with van der Waals surface area (Å²) in [6, 6.07) is 0. The van der Waals surface area contributed by atoms with Crippen LogP contribution in [0.25, 0.3) is 0 Å². The highest BCUT2D eigenvalue weighted by Gasteiger charge is 2.44. The highest BCUT2D eigenvalue weighted by molar-refractivity contribution is 6.35. The van der Waals surface area contributed by atoms with E-state index >= 15 is 0 Å². The molecule has 130 valence electrons. The van der Waals surface area contributed by atoms with Crippen LogP contribution >= 0.6 is 11.6 Å². The van der Waals surface area contributed by atoms with E-state index in [1.165, 1.54) is 4.90 Å². The van der Waals surface area contributed by atoms with Gasteiger partial charge in [0.15, 0.2) is 5.82 Å². The zero-order valence-corrected chi connectivity index (χ0v) is 15.2. The zero-order valence-electron chi connectivity index (χ0n) is 14.5. The Bertz CT molecular complexity index is 900. The minimum absolute atomic E-state index is 0.195. The maximum atomic E-state index is 12.8. The van der Waals surface area contributed by atoms with Crippen molar-refractivity contribution in [1.29, 1.82) is 0 Å². The molecule has 0 aliphatic carbocycles. The first kappa shape index (κ1) is 16.0. The van der Waals surface area contributed by atoms with Gasteiger partial charge in [-0.1, -0.05) is 11.6 Å². The topological polar surface area (TPSA) is 79.5 Å². The second-order valence-corrected chi connectivity index (χ2v) is 7.32. The van der Waals surface area contributed by atoms with Crippen LogP contribution in [-0.2, 0) is 6.54 Å². The summed E-state index contributed by atoms with van der Waals surface area (Å²) in [5.74, 6) is 1.68. The number of guanidine groups is 1. The van der Waals surface area contributed by atoms with Gasteiger partial charge in [-0.05, 0) is 20.8 Å². The summed E-state index contributed by atoms with van der Waals surface area (Å²) >= 11 is 6.49. The number of carbonyl (C=O) groups excluding carboxylic acids is 1. The molecule has 0 N–H and O–H groups in total. The van der Waals surface area contributed by atoms with Crippen LogP contribution in [-0.4, -0.2) is 55.6 Å². The molecule has 0 aromatic carbocycles. The number of fused-ring (bicyclic) bond motifs is 3. The summed E-state index contributed by atoms with van der Waals surface area (Å²) in [7, 11) is 1.71. The molecule has 0 atom stereocenters. The fourth-order valence-electron chi connectivity index (χ4n) is 3.09. The maximum Gasteiger partial charge on any atom is 0.267 e. The maximum absolute atomic E-state index is 12.8. The van der Waals surface area contributed by atoms with Gasteiger partial charge in [0, 0.05) is 25.0 Å². The van der Waals surface area contributed by atoms with E-state index in [2.05, 4.69) is 20.1 Å². The van der Waals surface area contributed by atoms with E-state index < -0.39 is 0 Å². The average Bonchev–Trinajstić information content (AvgIpc) is 3.05. The van der Waals surface area contributed by atoms with Crippen LogP contribution in [0.15, 0.2) is 17.4 Å². The van der Waals surface area contributed by atoms with Crippen LogP contribution in [0.4, 0.5) is 5.82 Å². The van der Waals surface area contributed by atoms with Gasteiger partial charge in [-0.3, -0.25) is 14.6 Å². The van der Waals surface area contributed by atoms with E-state index in [1.807, 2.05) is 25.7 Å². The average molecular weight is 360 g/mol. The fraction of sp³-hybridized carbons (Fsp3) is 0.438. The first-order valence-electron chi connectivity index (χ1n) is 7.96. The lowest BCUT2D eigenvalue weighted by Gasteiger charge is -2.30. The number of anilines is 1. The number of nitrogens with zero attached hydrogens (tertiary/aromatic N) is 7. The lowest BCUT2D eigenvalue weighted by Crippen LogP contribution is -2.48. The molecule has 8 nitrogen and oxygen atoms in total. The largest absolute Gasteiger partial charge is 0.292 e. The van der Waals surface area contributed by atoms with Crippen LogP contribution in [0.3, 0.4) is 0 Å². The van der Waals surface area contributed by atoms with Crippen molar-refractivity contribution in [2.75, 3.05) is 18.5 Å². The van der Waals surface area contributed by atoms with E-state index in [0.29, 0.717) is 41.4 Å². The first-order valence-corrected chi connectivity index (χ1v) is 8.34. The minimum atomic E-state index is -0.285. The molecule has 2 aromatic rings. The summed E-state index contributed by atoms with van der Waals surface area (Å²) in [5, 5.41) is 4.90. The van der Waals surface area contributed by atoms with Crippen molar-refractivity contribution < 1.29 is 4.79 Å². The van der Waals surface area contributed by atoms with Crippen LogP contribution < -0.4 is 4.90 Å². The normalized spacial score (nSPS) is 18.3. The van der Waals surface area contributed by atoms with Crippen molar-refractivity contribution in [3.05, 3.63) is 34.5 Å². The molecule has 25 heavy (non-hydrogen) atoms. The first-order chi connectivity index (χ1) is 11.8. The molecule has 0 unspecified atom stereocenters. The molecular weight excluding hydrogens is 342 g/mol. The Balaban J connectivity index is 1.77. The molecule has 2 aromatic heterocycles. The van der Waals surface area contributed by atoms with Crippen LogP contribution in [0.5, 0.6) is 0 Å². The molecule has 0 radical (unpaired) electrons. The summed E-state index contributed by atoms with van der Waals surface area (Å²) in [4.78, 5) is 29.3. The molecular formula is C16H18ClN7O. The van der Waals surface area contributed by atoms with Crippen molar-refractivity contribution >= 4 is 29.3 Å². The standard InChI is InChI=1S/C16H18ClN7O/c1-9-18-5-10(6-19-9)7-24-12(17)11-13(21-24)23-8-16(2,3)20-15(23)22(4)14(11)25/h5-6H,7-8H2,1-4H3. The molecule has 0 saturated heterocycles. The van der Waals surface area contributed by atoms with Gasteiger partial charge in [0.2, 0.25) is 5.96 Å². The number of hydrogen-bond acceptors (Lipinski definition) is 6. The van der Waals surface area contributed by atoms with Gasteiger partial charge in [-0.25, -0.2) is 19.6 Å². The van der Waals surface area contributed by atoms with Crippen molar-refractivity contribution in [1.82, 2.24) is 24.6 Å². The Hall–Kier alpha value is -2.48. The van der Waals surface area contributed by atoms with Gasteiger partial charge in [0.05, 0.1) is 18.6 Å². The molecule has 9 heteroatoms. The second-order valence-electron chi connectivity index (χ2n) is 6.96. The number of carbonyl (C=O) groups is 1. The predicted molar refractivity (Wildman–Crippen MR) is 94.1 cm³/mol. The van der Waals surface area contributed by atoms with Crippen molar-refractivity contribution in [2.24, 2.45) is 4.99 Å². The van der Waals surface area contributed by atoms with Gasteiger partial charge in [-0.2, -0.15) is 5.10 Å². The third-order valence-corrected chi connectivity index (χ3v) is 4.69. The molecule has 0 saturated carbocycles. The molecule has 0 fully saturated rings. The SMILES string of the molecule is Cc1ncc(Cn2nc3c(c2Cl)C(=O)N(C)C2=NC(C)(C)CN23)cn1. The third kappa shape index (κ3) is 2.48. The highest BCUT2D eigenvalue weighted by Crippen LogP contribution is 2.37. The van der Waals surface area contributed by atoms with Crippen LogP contribution in [0.1, 0.15) is 35.6 Å². The zero-order chi connectivity index (χ0) is 17.9. The third-order valence-electron chi connectivity index (χ3n) is 4.30. The van der Waals surface area contributed by atoms with Gasteiger partial charge in [0.25, 0.3) is 5.91 Å². The Labute approximate surface area is 150 Å². The quantitative estimate of drug-likeness (QED) is 0.815. The summed E-state index contributed by atoms with van der Waals surface area (Å²) in [6.45, 7) is 6.92. The van der Waals surface area contributed by atoms with E-state index in [-0.39, 0.29) is 11.4 Å². The summed E-state index contributed by atoms with van der Waals surface area (Å²) < 4.78 is 1.61. The lowest BCUT2D eigenvalue weighted by atomic mass is 10.1. The van der Waals surface area contributed by atoms with E-state index in [1.54, 1.807) is 24.1 Å². The summed E-state index contributed by atoms with van der Waals surface area (Å²) in [6.07, 6.45) is 3.47. The van der Waals surface area contributed by atoms with Crippen molar-refractivity contribution in [3.63, 3.8) is 0 Å². The Morgan fingerprint density at radius 1 is 1.28 bits per heavy atom. The number of aryl methyl sites for hydroxylation is 1. The van der Waals surface area contributed by atoms with Crippen molar-refractivity contribution in [2.45, 2.75) is 32.9 Å². The molecule has 0 bridgehead atoms. The number of amides is 1. The second kappa shape index (κ2) is 5.26. The molecule has 4 rings (SSSR count). The van der Waals surface area contributed by atoms with Crippen molar-refractivity contribution in [3.8, 4) is 0 Å². The molecule has 0 spiro atoms. The predicted octanol–water partition coefficient (Wildman–Crippen LogP) is 1.72. The number of hydrogen-bond donors (Lipinski definition) is 0. The molecule has 2 aliphatic rings. The van der Waals surface area contributed by atoms with Crippen LogP contribution in [0.2, 0.25) is 5.15 Å². The van der Waals surface area contributed by atoms with Gasteiger partial charge >= 0.3 is 0 Å². The number of rotatable bonds is 2. The molecule has 4 heterocycles. The molecule has 1 amide bonds. The van der Waals surface area contributed by atoms with E-state index in [0.717, 1.165) is 5.56 Å². The summed E-state index contributed by atoms with van der Waals surface area (Å²) in [5.41, 5.74) is 0.990. The highest BCUT2D eigenvalue weighted by atomic mass is 35.5. The monoisotopic (exact) mass is 359 g/mol.